The Bertz CT molecular complexity index is 1120. The highest BCUT2D eigenvalue weighted by Gasteiger charge is 2.12. The molecule has 3 aromatic carbocycles. The van der Waals surface area contributed by atoms with Crippen LogP contribution in [0.5, 0.6) is 5.75 Å². The van der Waals surface area contributed by atoms with Gasteiger partial charge in [-0.15, -0.1) is 0 Å². The highest BCUT2D eigenvalue weighted by Crippen LogP contribution is 2.29. The van der Waals surface area contributed by atoms with Gasteiger partial charge in [-0.3, -0.25) is 4.79 Å². The van der Waals surface area contributed by atoms with Gasteiger partial charge in [-0.2, -0.15) is 0 Å². The van der Waals surface area contributed by atoms with Gasteiger partial charge < -0.3 is 15.0 Å². The molecule has 4 heteroatoms. The summed E-state index contributed by atoms with van der Waals surface area (Å²) >= 11 is 0. The number of ether oxygens (including phenoxy) is 1. The summed E-state index contributed by atoms with van der Waals surface area (Å²) in [6.45, 7) is 2.89. The fourth-order valence-corrected chi connectivity index (χ4v) is 3.59. The molecule has 1 amide bonds. The van der Waals surface area contributed by atoms with Gasteiger partial charge >= 0.3 is 0 Å². The predicted molar refractivity (Wildman–Crippen MR) is 117 cm³/mol. The number of aromatic amines is 1. The van der Waals surface area contributed by atoms with Crippen LogP contribution in [-0.2, 0) is 11.2 Å². The van der Waals surface area contributed by atoms with Crippen LogP contribution < -0.4 is 10.1 Å². The van der Waals surface area contributed by atoms with Gasteiger partial charge in [0.15, 0.2) is 0 Å². The first-order valence-corrected chi connectivity index (χ1v) is 9.82. The van der Waals surface area contributed by atoms with Gasteiger partial charge in [-0.25, -0.2) is 0 Å². The van der Waals surface area contributed by atoms with Crippen LogP contribution in [0.4, 0.5) is 0 Å². The number of aromatic nitrogens is 1. The Morgan fingerprint density at radius 1 is 0.931 bits per heavy atom. The molecule has 0 aliphatic rings. The minimum atomic E-state index is -0.00204. The fourth-order valence-electron chi connectivity index (χ4n) is 3.59. The molecular formula is C25H24N2O2. The molecule has 0 atom stereocenters. The van der Waals surface area contributed by atoms with Gasteiger partial charge in [-0.1, -0.05) is 66.7 Å². The number of rotatable bonds is 7. The number of amides is 1. The van der Waals surface area contributed by atoms with E-state index in [1.807, 2.05) is 73.7 Å². The molecule has 0 fully saturated rings. The van der Waals surface area contributed by atoms with Crippen LogP contribution >= 0.6 is 0 Å². The second-order valence-electron chi connectivity index (χ2n) is 7.01. The second-order valence-corrected chi connectivity index (χ2v) is 7.01. The standard InChI is InChI=1S/C25H24N2O2/c1-18-22(21-12-5-7-13-23(21)27-18)17-25(28)26-15-16-29-24-14-8-6-11-20(24)19-9-3-2-4-10-19/h2-14,27H,15-17H2,1H3,(H,26,28). The lowest BCUT2D eigenvalue weighted by atomic mass is 10.1. The van der Waals surface area contributed by atoms with Crippen LogP contribution in [0.25, 0.3) is 22.0 Å². The van der Waals surface area contributed by atoms with Crippen molar-refractivity contribution in [3.05, 3.63) is 90.1 Å². The molecule has 0 bridgehead atoms. The molecule has 0 saturated carbocycles. The molecule has 0 aliphatic heterocycles. The van der Waals surface area contributed by atoms with E-state index in [9.17, 15) is 4.79 Å². The van der Waals surface area contributed by atoms with Crippen LogP contribution in [-0.4, -0.2) is 24.0 Å². The SMILES string of the molecule is Cc1[nH]c2ccccc2c1CC(=O)NCCOc1ccccc1-c1ccccc1. The van der Waals surface area contributed by atoms with Crippen LogP contribution in [0.15, 0.2) is 78.9 Å². The third kappa shape index (κ3) is 4.32. The average molecular weight is 384 g/mol. The fraction of sp³-hybridized carbons (Fsp3) is 0.160. The summed E-state index contributed by atoms with van der Waals surface area (Å²) in [6, 6.07) is 26.2. The number of carbonyl (C=O) groups excluding carboxylic acids is 1. The molecule has 4 nitrogen and oxygen atoms in total. The predicted octanol–water partition coefficient (Wildman–Crippen LogP) is 4.88. The zero-order chi connectivity index (χ0) is 20.1. The van der Waals surface area contributed by atoms with E-state index in [0.29, 0.717) is 19.6 Å². The van der Waals surface area contributed by atoms with Crippen molar-refractivity contribution in [2.45, 2.75) is 13.3 Å². The molecule has 0 saturated heterocycles. The summed E-state index contributed by atoms with van der Waals surface area (Å²) in [4.78, 5) is 15.8. The Kier molecular flexibility index (Phi) is 5.61. The van der Waals surface area contributed by atoms with E-state index in [2.05, 4.69) is 22.4 Å². The Labute approximate surface area is 170 Å². The number of hydrogen-bond donors (Lipinski definition) is 2. The maximum atomic E-state index is 12.4. The molecule has 1 aromatic heterocycles. The average Bonchev–Trinajstić information content (AvgIpc) is 3.07. The molecule has 146 valence electrons. The van der Waals surface area contributed by atoms with E-state index in [1.54, 1.807) is 0 Å². The Morgan fingerprint density at radius 2 is 1.66 bits per heavy atom. The first-order chi connectivity index (χ1) is 14.2. The zero-order valence-electron chi connectivity index (χ0n) is 16.4. The first-order valence-electron chi connectivity index (χ1n) is 9.82. The minimum absolute atomic E-state index is 0.00204. The summed E-state index contributed by atoms with van der Waals surface area (Å²) in [5, 5.41) is 4.07. The monoisotopic (exact) mass is 384 g/mol. The smallest absolute Gasteiger partial charge is 0.224 e. The molecule has 0 unspecified atom stereocenters. The highest BCUT2D eigenvalue weighted by atomic mass is 16.5. The lowest BCUT2D eigenvalue weighted by molar-refractivity contribution is -0.120. The Hall–Kier alpha value is -3.53. The van der Waals surface area contributed by atoms with Crippen molar-refractivity contribution in [3.8, 4) is 16.9 Å². The maximum absolute atomic E-state index is 12.4. The van der Waals surface area contributed by atoms with Gasteiger partial charge in [0, 0.05) is 22.2 Å². The van der Waals surface area contributed by atoms with Crippen molar-refractivity contribution in [1.82, 2.24) is 10.3 Å². The Balaban J connectivity index is 1.33. The van der Waals surface area contributed by atoms with Crippen molar-refractivity contribution in [2.75, 3.05) is 13.2 Å². The van der Waals surface area contributed by atoms with Crippen LogP contribution in [0.2, 0.25) is 0 Å². The number of aryl methyl sites for hydroxylation is 1. The Morgan fingerprint density at radius 3 is 2.52 bits per heavy atom. The first kappa shape index (κ1) is 18.8. The van der Waals surface area contributed by atoms with E-state index < -0.39 is 0 Å². The summed E-state index contributed by atoms with van der Waals surface area (Å²) in [5.74, 6) is 0.818. The molecule has 1 heterocycles. The van der Waals surface area contributed by atoms with Crippen LogP contribution in [0, 0.1) is 6.92 Å². The van der Waals surface area contributed by atoms with Crippen molar-refractivity contribution in [2.24, 2.45) is 0 Å². The number of H-pyrrole nitrogens is 1. The maximum Gasteiger partial charge on any atom is 0.224 e. The van der Waals surface area contributed by atoms with E-state index in [4.69, 9.17) is 4.74 Å². The van der Waals surface area contributed by atoms with Crippen molar-refractivity contribution in [1.29, 1.82) is 0 Å². The summed E-state index contributed by atoms with van der Waals surface area (Å²) in [7, 11) is 0. The summed E-state index contributed by atoms with van der Waals surface area (Å²) in [5.41, 5.74) is 5.31. The normalized spacial score (nSPS) is 10.8. The largest absolute Gasteiger partial charge is 0.491 e. The van der Waals surface area contributed by atoms with Crippen molar-refractivity contribution < 1.29 is 9.53 Å². The quantitative estimate of drug-likeness (QED) is 0.446. The van der Waals surface area contributed by atoms with Gasteiger partial charge in [0.1, 0.15) is 12.4 Å². The second kappa shape index (κ2) is 8.65. The number of hydrogen-bond acceptors (Lipinski definition) is 2. The number of nitrogens with one attached hydrogen (secondary N) is 2. The van der Waals surface area contributed by atoms with E-state index >= 15 is 0 Å². The minimum Gasteiger partial charge on any atom is -0.491 e. The molecule has 0 radical (unpaired) electrons. The van der Waals surface area contributed by atoms with Gasteiger partial charge in [0.2, 0.25) is 5.91 Å². The number of benzene rings is 3. The molecule has 0 aliphatic carbocycles. The number of para-hydroxylation sites is 2. The number of fused-ring (bicyclic) bond motifs is 1. The molecule has 4 rings (SSSR count). The van der Waals surface area contributed by atoms with Crippen LogP contribution in [0.1, 0.15) is 11.3 Å². The molecule has 29 heavy (non-hydrogen) atoms. The molecule has 2 N–H and O–H groups in total. The van der Waals surface area contributed by atoms with Crippen LogP contribution in [0.3, 0.4) is 0 Å². The van der Waals surface area contributed by atoms with E-state index in [1.165, 1.54) is 0 Å². The zero-order valence-corrected chi connectivity index (χ0v) is 16.4. The van der Waals surface area contributed by atoms with E-state index in [0.717, 1.165) is 39.0 Å². The molecular weight excluding hydrogens is 360 g/mol. The third-order valence-corrected chi connectivity index (χ3v) is 5.02. The summed E-state index contributed by atoms with van der Waals surface area (Å²) < 4.78 is 5.95. The molecule has 4 aromatic rings. The highest BCUT2D eigenvalue weighted by molar-refractivity contribution is 5.90. The lowest BCUT2D eigenvalue weighted by Crippen LogP contribution is -2.29. The van der Waals surface area contributed by atoms with Gasteiger partial charge in [0.25, 0.3) is 0 Å². The van der Waals surface area contributed by atoms with E-state index in [-0.39, 0.29) is 5.91 Å². The number of carbonyl (C=O) groups is 1. The third-order valence-electron chi connectivity index (χ3n) is 5.02. The van der Waals surface area contributed by atoms with Crippen molar-refractivity contribution >= 4 is 16.8 Å². The topological polar surface area (TPSA) is 54.1 Å². The van der Waals surface area contributed by atoms with Gasteiger partial charge in [0.05, 0.1) is 13.0 Å². The van der Waals surface area contributed by atoms with Crippen molar-refractivity contribution in [3.63, 3.8) is 0 Å². The lowest BCUT2D eigenvalue weighted by Gasteiger charge is -2.12. The summed E-state index contributed by atoms with van der Waals surface area (Å²) in [6.07, 6.45) is 0.358. The van der Waals surface area contributed by atoms with Gasteiger partial charge in [-0.05, 0) is 30.2 Å². The molecule has 0 spiro atoms.